The first-order chi connectivity index (χ1) is 15.0. The number of benzene rings is 3. The molecule has 1 heterocycles. The number of carbonyl (C=O) groups is 2. The van der Waals surface area contributed by atoms with E-state index in [-0.39, 0.29) is 5.70 Å². The normalized spacial score (nSPS) is 14.3. The predicted octanol–water partition coefficient (Wildman–Crippen LogP) is 5.97. The van der Waals surface area contributed by atoms with Crippen molar-refractivity contribution in [2.24, 2.45) is 4.99 Å². The Morgan fingerprint density at radius 2 is 1.68 bits per heavy atom. The molecule has 0 amide bonds. The zero-order valence-electron chi connectivity index (χ0n) is 16.0. The lowest BCUT2D eigenvalue weighted by molar-refractivity contribution is -0.130. The second kappa shape index (κ2) is 9.41. The van der Waals surface area contributed by atoms with Crippen LogP contribution in [-0.2, 0) is 16.0 Å². The SMILES string of the molecule is O=C1OC(Cc2ccccc2)=N/C1=C/c1cc(Br)ccc1OC(=O)c1ccc(Br)cc1. The number of hydrogen-bond acceptors (Lipinski definition) is 5. The molecule has 4 rings (SSSR count). The van der Waals surface area contributed by atoms with E-state index in [0.29, 0.717) is 29.2 Å². The Bertz CT molecular complexity index is 1200. The number of rotatable bonds is 5. The van der Waals surface area contributed by atoms with Crippen LogP contribution >= 0.6 is 31.9 Å². The zero-order valence-corrected chi connectivity index (χ0v) is 19.2. The van der Waals surface area contributed by atoms with Gasteiger partial charge < -0.3 is 9.47 Å². The van der Waals surface area contributed by atoms with Gasteiger partial charge in [-0.2, -0.15) is 0 Å². The molecule has 3 aromatic rings. The fourth-order valence-corrected chi connectivity index (χ4v) is 3.56. The van der Waals surface area contributed by atoms with Crippen molar-refractivity contribution in [2.45, 2.75) is 6.42 Å². The molecule has 0 bridgehead atoms. The second-order valence-corrected chi connectivity index (χ2v) is 8.50. The van der Waals surface area contributed by atoms with Crippen LogP contribution in [0, 0.1) is 0 Å². The summed E-state index contributed by atoms with van der Waals surface area (Å²) in [5, 5.41) is 0. The molecule has 31 heavy (non-hydrogen) atoms. The van der Waals surface area contributed by atoms with Crippen LogP contribution in [-0.4, -0.2) is 17.8 Å². The van der Waals surface area contributed by atoms with Gasteiger partial charge in [0.1, 0.15) is 5.75 Å². The standard InChI is InChI=1S/C24H15Br2NO4/c25-18-8-6-16(7-9-18)23(28)30-21-11-10-19(26)13-17(21)14-20-24(29)31-22(27-20)12-15-4-2-1-3-5-15/h1-11,13-14H,12H2/b20-14+. The molecule has 0 atom stereocenters. The van der Waals surface area contributed by atoms with E-state index in [1.54, 1.807) is 48.5 Å². The summed E-state index contributed by atoms with van der Waals surface area (Å²) in [6.07, 6.45) is 1.96. The summed E-state index contributed by atoms with van der Waals surface area (Å²) in [6.45, 7) is 0. The molecule has 3 aromatic carbocycles. The van der Waals surface area contributed by atoms with E-state index in [2.05, 4.69) is 36.9 Å². The van der Waals surface area contributed by atoms with E-state index in [9.17, 15) is 9.59 Å². The fourth-order valence-electron chi connectivity index (χ4n) is 2.92. The maximum absolute atomic E-state index is 12.5. The van der Waals surface area contributed by atoms with Crippen LogP contribution in [0.5, 0.6) is 5.75 Å². The quantitative estimate of drug-likeness (QED) is 0.227. The van der Waals surface area contributed by atoms with E-state index >= 15 is 0 Å². The Balaban J connectivity index is 1.59. The summed E-state index contributed by atoms with van der Waals surface area (Å²) in [5.74, 6) is -0.415. The molecule has 154 valence electrons. The molecule has 0 unspecified atom stereocenters. The third kappa shape index (κ3) is 5.37. The van der Waals surface area contributed by atoms with Crippen LogP contribution < -0.4 is 4.74 Å². The van der Waals surface area contributed by atoms with Gasteiger partial charge in [0.15, 0.2) is 5.70 Å². The minimum Gasteiger partial charge on any atom is -0.422 e. The molecule has 0 saturated carbocycles. The third-order valence-electron chi connectivity index (χ3n) is 4.41. The minimum absolute atomic E-state index is 0.143. The van der Waals surface area contributed by atoms with Crippen LogP contribution in [0.4, 0.5) is 0 Å². The lowest BCUT2D eigenvalue weighted by Gasteiger charge is -2.08. The second-order valence-electron chi connectivity index (χ2n) is 6.67. The number of carbonyl (C=O) groups excluding carboxylic acids is 2. The molecular formula is C24H15Br2NO4. The lowest BCUT2D eigenvalue weighted by Crippen LogP contribution is -2.09. The van der Waals surface area contributed by atoms with Gasteiger partial charge in [0.05, 0.1) is 5.56 Å². The van der Waals surface area contributed by atoms with Gasteiger partial charge in [-0.15, -0.1) is 0 Å². The molecule has 0 aromatic heterocycles. The van der Waals surface area contributed by atoms with E-state index in [1.807, 2.05) is 30.3 Å². The van der Waals surface area contributed by atoms with Crippen molar-refractivity contribution in [2.75, 3.05) is 0 Å². The van der Waals surface area contributed by atoms with Gasteiger partial charge in [-0.05, 0) is 54.1 Å². The monoisotopic (exact) mass is 539 g/mol. The number of nitrogens with zero attached hydrogens (tertiary/aromatic N) is 1. The van der Waals surface area contributed by atoms with Gasteiger partial charge in [0.2, 0.25) is 5.90 Å². The van der Waals surface area contributed by atoms with Crippen molar-refractivity contribution in [1.82, 2.24) is 0 Å². The number of esters is 2. The first-order valence-corrected chi connectivity index (χ1v) is 10.9. The number of hydrogen-bond donors (Lipinski definition) is 0. The summed E-state index contributed by atoms with van der Waals surface area (Å²) in [5.41, 5.74) is 2.07. The first-order valence-electron chi connectivity index (χ1n) is 9.30. The molecule has 0 saturated heterocycles. The molecule has 5 nitrogen and oxygen atoms in total. The zero-order chi connectivity index (χ0) is 21.8. The van der Waals surface area contributed by atoms with Crippen molar-refractivity contribution in [3.05, 3.63) is 104 Å². The molecule has 0 radical (unpaired) electrons. The summed E-state index contributed by atoms with van der Waals surface area (Å²) in [7, 11) is 0. The van der Waals surface area contributed by atoms with Gasteiger partial charge in [-0.1, -0.05) is 62.2 Å². The molecule has 1 aliphatic rings. The third-order valence-corrected chi connectivity index (χ3v) is 5.43. The highest BCUT2D eigenvalue weighted by Crippen LogP contribution is 2.28. The van der Waals surface area contributed by atoms with Crippen molar-refractivity contribution in [3.8, 4) is 5.75 Å². The summed E-state index contributed by atoms with van der Waals surface area (Å²) < 4.78 is 12.5. The molecule has 0 N–H and O–H groups in total. The smallest absolute Gasteiger partial charge is 0.363 e. The van der Waals surface area contributed by atoms with E-state index in [1.165, 1.54) is 0 Å². The summed E-state index contributed by atoms with van der Waals surface area (Å²) in [6, 6.07) is 21.6. The first kappa shape index (κ1) is 21.2. The van der Waals surface area contributed by atoms with E-state index in [0.717, 1.165) is 14.5 Å². The fraction of sp³-hybridized carbons (Fsp3) is 0.0417. The number of cyclic esters (lactones) is 1. The van der Waals surface area contributed by atoms with Crippen LogP contribution in [0.3, 0.4) is 0 Å². The maximum atomic E-state index is 12.5. The number of halogens is 2. The van der Waals surface area contributed by atoms with Crippen molar-refractivity contribution in [3.63, 3.8) is 0 Å². The Morgan fingerprint density at radius 1 is 0.968 bits per heavy atom. The van der Waals surface area contributed by atoms with Gasteiger partial charge in [-0.25, -0.2) is 14.6 Å². The Labute approximate surface area is 195 Å². The molecule has 1 aliphatic heterocycles. The van der Waals surface area contributed by atoms with Crippen LogP contribution in [0.25, 0.3) is 6.08 Å². The Kier molecular flexibility index (Phi) is 6.44. The number of ether oxygens (including phenoxy) is 2. The lowest BCUT2D eigenvalue weighted by atomic mass is 10.1. The summed E-state index contributed by atoms with van der Waals surface area (Å²) in [4.78, 5) is 29.2. The molecule has 0 aliphatic carbocycles. The van der Waals surface area contributed by atoms with Gasteiger partial charge in [-0.3, -0.25) is 0 Å². The maximum Gasteiger partial charge on any atom is 0.363 e. The van der Waals surface area contributed by atoms with E-state index < -0.39 is 11.9 Å². The van der Waals surface area contributed by atoms with Crippen LogP contribution in [0.2, 0.25) is 0 Å². The van der Waals surface area contributed by atoms with Crippen molar-refractivity contribution >= 4 is 55.8 Å². The molecule has 0 spiro atoms. The topological polar surface area (TPSA) is 65.0 Å². The van der Waals surface area contributed by atoms with Gasteiger partial charge in [0.25, 0.3) is 0 Å². The Morgan fingerprint density at radius 3 is 2.42 bits per heavy atom. The molecule has 0 fully saturated rings. The highest BCUT2D eigenvalue weighted by molar-refractivity contribution is 9.10. The Hall–Kier alpha value is -3.03. The highest BCUT2D eigenvalue weighted by Gasteiger charge is 2.24. The minimum atomic E-state index is -0.545. The summed E-state index contributed by atoms with van der Waals surface area (Å²) >= 11 is 6.75. The average Bonchev–Trinajstić information content (AvgIpc) is 3.09. The largest absolute Gasteiger partial charge is 0.422 e. The highest BCUT2D eigenvalue weighted by atomic mass is 79.9. The van der Waals surface area contributed by atoms with Gasteiger partial charge >= 0.3 is 11.9 Å². The van der Waals surface area contributed by atoms with Crippen molar-refractivity contribution in [1.29, 1.82) is 0 Å². The molecule has 7 heteroatoms. The van der Waals surface area contributed by atoms with Crippen LogP contribution in [0.15, 0.2) is 92.4 Å². The predicted molar refractivity (Wildman–Crippen MR) is 125 cm³/mol. The molecular weight excluding hydrogens is 526 g/mol. The van der Waals surface area contributed by atoms with Crippen LogP contribution in [0.1, 0.15) is 21.5 Å². The van der Waals surface area contributed by atoms with Gasteiger partial charge in [0, 0.05) is 20.9 Å². The number of aliphatic imine (C=N–C) groups is 1. The van der Waals surface area contributed by atoms with E-state index in [4.69, 9.17) is 9.47 Å². The average molecular weight is 541 g/mol. The van der Waals surface area contributed by atoms with Crippen molar-refractivity contribution < 1.29 is 19.1 Å².